The second kappa shape index (κ2) is 3.85. The SMILES string of the molecule is Cc1c(N)c(C)c2nc3cc(N)ccc3cc2c1C. The van der Waals surface area contributed by atoms with Crippen LogP contribution in [0.2, 0.25) is 0 Å². The number of fused-ring (bicyclic) bond motifs is 2. The number of aromatic nitrogens is 1. The smallest absolute Gasteiger partial charge is 0.0762 e. The summed E-state index contributed by atoms with van der Waals surface area (Å²) >= 11 is 0. The van der Waals surface area contributed by atoms with Crippen LogP contribution >= 0.6 is 0 Å². The predicted molar refractivity (Wildman–Crippen MR) is 82.3 cm³/mol. The molecule has 0 spiro atoms. The minimum absolute atomic E-state index is 0.730. The molecule has 3 aromatic rings. The first-order chi connectivity index (χ1) is 8.99. The zero-order valence-electron chi connectivity index (χ0n) is 11.4. The van der Waals surface area contributed by atoms with Crippen LogP contribution < -0.4 is 11.5 Å². The summed E-state index contributed by atoms with van der Waals surface area (Å²) < 4.78 is 0. The molecule has 0 aliphatic heterocycles. The summed E-state index contributed by atoms with van der Waals surface area (Å²) in [6, 6.07) is 7.99. The highest BCUT2D eigenvalue weighted by Crippen LogP contribution is 2.32. The van der Waals surface area contributed by atoms with Crippen molar-refractivity contribution in [3.05, 3.63) is 41.0 Å². The Morgan fingerprint density at radius 1 is 0.895 bits per heavy atom. The zero-order chi connectivity index (χ0) is 13.7. The van der Waals surface area contributed by atoms with Crippen molar-refractivity contribution in [3.63, 3.8) is 0 Å². The van der Waals surface area contributed by atoms with Gasteiger partial charge in [-0.1, -0.05) is 6.07 Å². The summed E-state index contributed by atoms with van der Waals surface area (Å²) in [5, 5.41) is 2.27. The Morgan fingerprint density at radius 2 is 1.63 bits per heavy atom. The van der Waals surface area contributed by atoms with E-state index in [1.54, 1.807) is 0 Å². The summed E-state index contributed by atoms with van der Waals surface area (Å²) in [6.45, 7) is 6.18. The lowest BCUT2D eigenvalue weighted by Crippen LogP contribution is -2.00. The highest BCUT2D eigenvalue weighted by molar-refractivity contribution is 5.99. The highest BCUT2D eigenvalue weighted by Gasteiger charge is 2.11. The topological polar surface area (TPSA) is 64.9 Å². The number of hydrogen-bond donors (Lipinski definition) is 2. The van der Waals surface area contributed by atoms with Crippen molar-refractivity contribution in [2.24, 2.45) is 0 Å². The fourth-order valence-corrected chi connectivity index (χ4v) is 2.57. The van der Waals surface area contributed by atoms with Gasteiger partial charge in [-0.25, -0.2) is 4.98 Å². The largest absolute Gasteiger partial charge is 0.399 e. The number of nitrogens with two attached hydrogens (primary N) is 2. The van der Waals surface area contributed by atoms with Gasteiger partial charge >= 0.3 is 0 Å². The predicted octanol–water partition coefficient (Wildman–Crippen LogP) is 3.48. The van der Waals surface area contributed by atoms with Gasteiger partial charge in [-0.2, -0.15) is 0 Å². The third-order valence-electron chi connectivity index (χ3n) is 3.97. The van der Waals surface area contributed by atoms with E-state index in [4.69, 9.17) is 16.5 Å². The van der Waals surface area contributed by atoms with E-state index < -0.39 is 0 Å². The maximum absolute atomic E-state index is 6.16. The highest BCUT2D eigenvalue weighted by atomic mass is 14.7. The molecular formula is C16H17N3. The van der Waals surface area contributed by atoms with Crippen molar-refractivity contribution in [1.82, 2.24) is 4.98 Å². The van der Waals surface area contributed by atoms with E-state index in [0.29, 0.717) is 0 Å². The van der Waals surface area contributed by atoms with E-state index in [1.807, 2.05) is 25.1 Å². The monoisotopic (exact) mass is 251 g/mol. The van der Waals surface area contributed by atoms with Crippen LogP contribution in [0, 0.1) is 20.8 Å². The van der Waals surface area contributed by atoms with Gasteiger partial charge in [0.1, 0.15) is 0 Å². The Morgan fingerprint density at radius 3 is 2.37 bits per heavy atom. The van der Waals surface area contributed by atoms with Gasteiger partial charge in [0.05, 0.1) is 11.0 Å². The summed E-state index contributed by atoms with van der Waals surface area (Å²) in [4.78, 5) is 4.74. The van der Waals surface area contributed by atoms with E-state index in [9.17, 15) is 0 Å². The lowest BCUT2D eigenvalue weighted by Gasteiger charge is -2.14. The molecule has 3 rings (SSSR count). The van der Waals surface area contributed by atoms with Crippen molar-refractivity contribution < 1.29 is 0 Å². The molecule has 4 N–H and O–H groups in total. The quantitative estimate of drug-likeness (QED) is 0.475. The van der Waals surface area contributed by atoms with E-state index in [0.717, 1.165) is 38.9 Å². The van der Waals surface area contributed by atoms with Crippen molar-refractivity contribution in [1.29, 1.82) is 0 Å². The van der Waals surface area contributed by atoms with Crippen LogP contribution in [0.4, 0.5) is 11.4 Å². The van der Waals surface area contributed by atoms with Crippen molar-refractivity contribution in [3.8, 4) is 0 Å². The Bertz CT molecular complexity index is 819. The average Bonchev–Trinajstić information content (AvgIpc) is 2.41. The number of nitrogens with zero attached hydrogens (tertiary/aromatic N) is 1. The minimum atomic E-state index is 0.730. The van der Waals surface area contributed by atoms with Gasteiger partial charge in [-0.3, -0.25) is 0 Å². The van der Waals surface area contributed by atoms with E-state index in [2.05, 4.69) is 19.9 Å². The molecular weight excluding hydrogens is 234 g/mol. The van der Waals surface area contributed by atoms with E-state index >= 15 is 0 Å². The summed E-state index contributed by atoms with van der Waals surface area (Å²) in [6.07, 6.45) is 0. The molecule has 0 atom stereocenters. The lowest BCUT2D eigenvalue weighted by molar-refractivity contribution is 1.32. The van der Waals surface area contributed by atoms with Crippen LogP contribution in [0.25, 0.3) is 21.8 Å². The molecule has 1 heterocycles. The van der Waals surface area contributed by atoms with Gasteiger partial charge in [0.25, 0.3) is 0 Å². The first kappa shape index (κ1) is 11.8. The molecule has 0 saturated heterocycles. The van der Waals surface area contributed by atoms with Crippen LogP contribution in [-0.2, 0) is 0 Å². The van der Waals surface area contributed by atoms with Gasteiger partial charge in [-0.15, -0.1) is 0 Å². The average molecular weight is 251 g/mol. The van der Waals surface area contributed by atoms with Gasteiger partial charge in [0, 0.05) is 22.1 Å². The van der Waals surface area contributed by atoms with Crippen LogP contribution in [0.5, 0.6) is 0 Å². The molecule has 1 aromatic heterocycles. The molecule has 3 nitrogen and oxygen atoms in total. The fraction of sp³-hybridized carbons (Fsp3) is 0.188. The van der Waals surface area contributed by atoms with E-state index in [-0.39, 0.29) is 0 Å². The minimum Gasteiger partial charge on any atom is -0.399 e. The molecule has 19 heavy (non-hydrogen) atoms. The second-order valence-electron chi connectivity index (χ2n) is 5.13. The molecule has 3 heteroatoms. The number of hydrogen-bond acceptors (Lipinski definition) is 3. The second-order valence-corrected chi connectivity index (χ2v) is 5.13. The molecule has 0 unspecified atom stereocenters. The maximum Gasteiger partial charge on any atom is 0.0762 e. The molecule has 0 aliphatic rings. The first-order valence-electron chi connectivity index (χ1n) is 6.34. The molecule has 96 valence electrons. The van der Waals surface area contributed by atoms with Crippen molar-refractivity contribution in [2.75, 3.05) is 11.5 Å². The molecule has 0 bridgehead atoms. The third kappa shape index (κ3) is 1.62. The van der Waals surface area contributed by atoms with Crippen LogP contribution in [0.3, 0.4) is 0 Å². The molecule has 0 radical (unpaired) electrons. The van der Waals surface area contributed by atoms with Gasteiger partial charge in [-0.05, 0) is 55.7 Å². The summed E-state index contributed by atoms with van der Waals surface area (Å²) in [5.41, 5.74) is 18.8. The summed E-state index contributed by atoms with van der Waals surface area (Å²) in [7, 11) is 0. The normalized spacial score (nSPS) is 11.3. The van der Waals surface area contributed by atoms with Crippen LogP contribution in [0.1, 0.15) is 16.7 Å². The lowest BCUT2D eigenvalue weighted by atomic mass is 9.96. The first-order valence-corrected chi connectivity index (χ1v) is 6.34. The van der Waals surface area contributed by atoms with Crippen LogP contribution in [-0.4, -0.2) is 4.98 Å². The molecule has 0 fully saturated rings. The Labute approximate surface area is 112 Å². The van der Waals surface area contributed by atoms with Crippen molar-refractivity contribution in [2.45, 2.75) is 20.8 Å². The van der Waals surface area contributed by atoms with Crippen molar-refractivity contribution >= 4 is 33.2 Å². The standard InChI is InChI=1S/C16H17N3/c1-8-9(2)15(18)10(3)16-13(8)6-11-4-5-12(17)7-14(11)19-16/h4-7H,17-18H2,1-3H3. The molecule has 0 amide bonds. The summed E-state index contributed by atoms with van der Waals surface area (Å²) in [5.74, 6) is 0. The van der Waals surface area contributed by atoms with E-state index in [1.165, 1.54) is 10.9 Å². The van der Waals surface area contributed by atoms with Gasteiger partial charge < -0.3 is 11.5 Å². The molecule has 0 aliphatic carbocycles. The number of benzene rings is 2. The number of pyridine rings is 1. The van der Waals surface area contributed by atoms with Gasteiger partial charge in [0.15, 0.2) is 0 Å². The zero-order valence-corrected chi connectivity index (χ0v) is 11.4. The number of aryl methyl sites for hydroxylation is 2. The Kier molecular flexibility index (Phi) is 2.39. The van der Waals surface area contributed by atoms with Gasteiger partial charge in [0.2, 0.25) is 0 Å². The Hall–Kier alpha value is -2.29. The fourth-order valence-electron chi connectivity index (χ4n) is 2.57. The Balaban J connectivity index is 2.55. The molecule has 0 saturated carbocycles. The number of rotatable bonds is 0. The molecule has 2 aromatic carbocycles. The van der Waals surface area contributed by atoms with Crippen LogP contribution in [0.15, 0.2) is 24.3 Å². The number of nitrogen functional groups attached to an aromatic ring is 2. The maximum atomic E-state index is 6.16. The number of anilines is 2. The third-order valence-corrected chi connectivity index (χ3v) is 3.97.